The number of barbiturate groups is 1. The minimum atomic E-state index is -0.680. The van der Waals surface area contributed by atoms with Gasteiger partial charge in [0.15, 0.2) is 0 Å². The molecule has 2 rings (SSSR count). The molecule has 21 heavy (non-hydrogen) atoms. The molecule has 5 heteroatoms. The monoisotopic (exact) mass is 294 g/mol. The Bertz CT molecular complexity index is 414. The van der Waals surface area contributed by atoms with Gasteiger partial charge in [-0.25, -0.2) is 4.79 Å². The molecule has 1 saturated heterocycles. The number of nitrogens with zero attached hydrogens (tertiary/aromatic N) is 1. The summed E-state index contributed by atoms with van der Waals surface area (Å²) in [6.45, 7) is 4.13. The number of hydrogen-bond acceptors (Lipinski definition) is 3. The lowest BCUT2D eigenvalue weighted by atomic mass is 9.82. The summed E-state index contributed by atoms with van der Waals surface area (Å²) in [4.78, 5) is 37.7. The maximum atomic E-state index is 12.5. The van der Waals surface area contributed by atoms with Gasteiger partial charge in [0, 0.05) is 6.04 Å². The molecule has 4 amide bonds. The SMILES string of the molecule is CCCC1CCC(N2C(=O)NC(=O)C(CCC)C2=O)CC1. The second-order valence-corrected chi connectivity index (χ2v) is 6.31. The van der Waals surface area contributed by atoms with Crippen LogP contribution in [-0.4, -0.2) is 28.8 Å². The van der Waals surface area contributed by atoms with E-state index >= 15 is 0 Å². The third-order valence-electron chi connectivity index (χ3n) is 4.76. The number of nitrogens with one attached hydrogen (secondary N) is 1. The van der Waals surface area contributed by atoms with Crippen molar-refractivity contribution >= 4 is 17.8 Å². The fourth-order valence-electron chi connectivity index (χ4n) is 3.62. The van der Waals surface area contributed by atoms with Crippen LogP contribution in [0.4, 0.5) is 4.79 Å². The van der Waals surface area contributed by atoms with Crippen LogP contribution in [0, 0.1) is 11.8 Å². The van der Waals surface area contributed by atoms with E-state index in [0.29, 0.717) is 6.42 Å². The lowest BCUT2D eigenvalue weighted by Gasteiger charge is -2.39. The summed E-state index contributed by atoms with van der Waals surface area (Å²) in [6.07, 6.45) is 7.57. The highest BCUT2D eigenvalue weighted by molar-refractivity contribution is 6.16. The minimum Gasteiger partial charge on any atom is -0.277 e. The molecule has 0 aromatic carbocycles. The van der Waals surface area contributed by atoms with Gasteiger partial charge in [-0.1, -0.05) is 33.1 Å². The molecule has 1 atom stereocenters. The van der Waals surface area contributed by atoms with Crippen LogP contribution in [-0.2, 0) is 9.59 Å². The molecule has 2 fully saturated rings. The number of carbonyl (C=O) groups is 3. The van der Waals surface area contributed by atoms with Gasteiger partial charge < -0.3 is 0 Å². The van der Waals surface area contributed by atoms with Gasteiger partial charge in [-0.2, -0.15) is 0 Å². The van der Waals surface area contributed by atoms with Crippen molar-refractivity contribution in [3.05, 3.63) is 0 Å². The van der Waals surface area contributed by atoms with Crippen molar-refractivity contribution in [1.29, 1.82) is 0 Å². The van der Waals surface area contributed by atoms with Crippen molar-refractivity contribution in [3.63, 3.8) is 0 Å². The van der Waals surface area contributed by atoms with E-state index in [1.54, 1.807) is 0 Å². The Kier molecular flexibility index (Phi) is 5.37. The van der Waals surface area contributed by atoms with Crippen molar-refractivity contribution in [3.8, 4) is 0 Å². The van der Waals surface area contributed by atoms with Crippen LogP contribution < -0.4 is 5.32 Å². The van der Waals surface area contributed by atoms with Crippen LogP contribution in [0.15, 0.2) is 0 Å². The van der Waals surface area contributed by atoms with Gasteiger partial charge in [0.05, 0.1) is 0 Å². The molecule has 1 heterocycles. The normalized spacial score (nSPS) is 30.5. The van der Waals surface area contributed by atoms with E-state index in [4.69, 9.17) is 0 Å². The molecule has 1 N–H and O–H groups in total. The topological polar surface area (TPSA) is 66.5 Å². The molecule has 1 unspecified atom stereocenters. The lowest BCUT2D eigenvalue weighted by molar-refractivity contribution is -0.144. The third kappa shape index (κ3) is 3.44. The molecule has 0 spiro atoms. The quantitative estimate of drug-likeness (QED) is 0.793. The average molecular weight is 294 g/mol. The van der Waals surface area contributed by atoms with E-state index < -0.39 is 17.9 Å². The van der Waals surface area contributed by atoms with Crippen molar-refractivity contribution < 1.29 is 14.4 Å². The molecule has 118 valence electrons. The Morgan fingerprint density at radius 2 is 1.62 bits per heavy atom. The summed E-state index contributed by atoms with van der Waals surface area (Å²) < 4.78 is 0. The number of hydrogen-bond donors (Lipinski definition) is 1. The van der Waals surface area contributed by atoms with Crippen molar-refractivity contribution in [2.45, 2.75) is 71.3 Å². The fraction of sp³-hybridized carbons (Fsp3) is 0.812. The summed E-state index contributed by atoms with van der Waals surface area (Å²) >= 11 is 0. The van der Waals surface area contributed by atoms with Crippen LogP contribution in [0.3, 0.4) is 0 Å². The molecular weight excluding hydrogens is 268 g/mol. The van der Waals surface area contributed by atoms with E-state index in [0.717, 1.165) is 38.0 Å². The van der Waals surface area contributed by atoms with Crippen molar-refractivity contribution in [2.24, 2.45) is 11.8 Å². The maximum Gasteiger partial charge on any atom is 0.331 e. The molecule has 0 aromatic rings. The Morgan fingerprint density at radius 3 is 2.19 bits per heavy atom. The molecule has 1 aliphatic heterocycles. The summed E-state index contributed by atoms with van der Waals surface area (Å²) in [5, 5.41) is 2.36. The van der Waals surface area contributed by atoms with Gasteiger partial charge >= 0.3 is 6.03 Å². The molecule has 1 aliphatic carbocycles. The number of imide groups is 2. The van der Waals surface area contributed by atoms with Crippen LogP contribution in [0.5, 0.6) is 0 Å². The molecule has 0 radical (unpaired) electrons. The van der Waals surface area contributed by atoms with Crippen LogP contribution in [0.25, 0.3) is 0 Å². The first kappa shape index (κ1) is 16.0. The molecule has 5 nitrogen and oxygen atoms in total. The highest BCUT2D eigenvalue weighted by atomic mass is 16.2. The third-order valence-corrected chi connectivity index (χ3v) is 4.76. The number of carbonyl (C=O) groups excluding carboxylic acids is 3. The van der Waals surface area contributed by atoms with Gasteiger partial charge in [-0.3, -0.25) is 19.8 Å². The Morgan fingerprint density at radius 1 is 1.00 bits per heavy atom. The first-order valence-electron chi connectivity index (χ1n) is 8.26. The zero-order valence-electron chi connectivity index (χ0n) is 13.1. The van der Waals surface area contributed by atoms with E-state index in [-0.39, 0.29) is 11.9 Å². The van der Waals surface area contributed by atoms with Gasteiger partial charge in [0.1, 0.15) is 5.92 Å². The summed E-state index contributed by atoms with van der Waals surface area (Å²) in [5.74, 6) is -0.671. The van der Waals surface area contributed by atoms with Crippen molar-refractivity contribution in [2.75, 3.05) is 0 Å². The standard InChI is InChI=1S/C16H26N2O3/c1-3-5-11-7-9-12(10-8-11)18-15(20)13(6-4-2)14(19)17-16(18)21/h11-13H,3-10H2,1-2H3,(H,17,19,21). The predicted molar refractivity (Wildman–Crippen MR) is 79.4 cm³/mol. The van der Waals surface area contributed by atoms with Gasteiger partial charge in [0.2, 0.25) is 11.8 Å². The fourth-order valence-corrected chi connectivity index (χ4v) is 3.62. The minimum absolute atomic E-state index is 0.0296. The number of amides is 4. The van der Waals surface area contributed by atoms with Crippen LogP contribution >= 0.6 is 0 Å². The Hall–Kier alpha value is -1.39. The van der Waals surface area contributed by atoms with E-state index in [2.05, 4.69) is 12.2 Å². The second kappa shape index (κ2) is 7.05. The number of urea groups is 1. The molecule has 0 bridgehead atoms. The van der Waals surface area contributed by atoms with E-state index in [9.17, 15) is 14.4 Å². The molecule has 2 aliphatic rings. The van der Waals surface area contributed by atoms with Crippen molar-refractivity contribution in [1.82, 2.24) is 10.2 Å². The van der Waals surface area contributed by atoms with Crippen LogP contribution in [0.1, 0.15) is 65.2 Å². The first-order valence-corrected chi connectivity index (χ1v) is 8.26. The van der Waals surface area contributed by atoms with Crippen LogP contribution in [0.2, 0.25) is 0 Å². The second-order valence-electron chi connectivity index (χ2n) is 6.31. The smallest absolute Gasteiger partial charge is 0.277 e. The molecule has 0 aromatic heterocycles. The highest BCUT2D eigenvalue weighted by Crippen LogP contribution is 2.32. The summed E-state index contributed by atoms with van der Waals surface area (Å²) in [6, 6.07) is -0.547. The van der Waals surface area contributed by atoms with E-state index in [1.807, 2.05) is 6.92 Å². The zero-order chi connectivity index (χ0) is 15.4. The van der Waals surface area contributed by atoms with Gasteiger partial charge in [-0.05, 0) is 38.0 Å². The largest absolute Gasteiger partial charge is 0.331 e. The predicted octanol–water partition coefficient (Wildman–Crippen LogP) is 2.84. The lowest BCUT2D eigenvalue weighted by Crippen LogP contribution is -2.61. The summed E-state index contributed by atoms with van der Waals surface area (Å²) in [7, 11) is 0. The van der Waals surface area contributed by atoms with Gasteiger partial charge in [-0.15, -0.1) is 0 Å². The molecule has 1 saturated carbocycles. The zero-order valence-corrected chi connectivity index (χ0v) is 13.1. The Labute approximate surface area is 126 Å². The van der Waals surface area contributed by atoms with Gasteiger partial charge in [0.25, 0.3) is 0 Å². The Balaban J connectivity index is 2.03. The average Bonchev–Trinajstić information content (AvgIpc) is 2.45. The highest BCUT2D eigenvalue weighted by Gasteiger charge is 2.43. The summed E-state index contributed by atoms with van der Waals surface area (Å²) in [5.41, 5.74) is 0. The molecular formula is C16H26N2O3. The number of rotatable bonds is 5. The van der Waals surface area contributed by atoms with E-state index in [1.165, 1.54) is 17.7 Å². The maximum absolute atomic E-state index is 12.5. The first-order chi connectivity index (χ1) is 10.1.